The number of hydrogen-bond donors (Lipinski definition) is 2. The van der Waals surface area contributed by atoms with Crippen LogP contribution in [-0.2, 0) is 4.79 Å². The quantitative estimate of drug-likeness (QED) is 0.263. The molecule has 5 heteroatoms. The largest absolute Gasteiger partial charge is 1.00 e. The predicted molar refractivity (Wildman–Crippen MR) is 13.2 cm³/mol. The molecule has 2 N–H and O–H groups in total. The summed E-state index contributed by atoms with van der Waals surface area (Å²) >= 11 is 0. The third-order valence-corrected chi connectivity index (χ3v) is 0.211. The molecule has 0 heterocycles. The summed E-state index contributed by atoms with van der Waals surface area (Å²) in [6.45, 7) is 0. The van der Waals surface area contributed by atoms with Gasteiger partial charge >= 0.3 is 29.6 Å². The summed E-state index contributed by atoms with van der Waals surface area (Å²) in [7, 11) is 0. The number of carboxylic acids is 1. The van der Waals surface area contributed by atoms with Crippen LogP contribution >= 0.6 is 0 Å². The zero-order chi connectivity index (χ0) is 5.15. The zero-order valence-electron chi connectivity index (χ0n) is 3.79. The number of carbonyl (C=O) groups is 1. The van der Waals surface area contributed by atoms with Crippen LogP contribution in [0.1, 0.15) is 0 Å². The van der Waals surface area contributed by atoms with Crippen LogP contribution in [0.4, 0.5) is 0 Å². The van der Waals surface area contributed by atoms with Crippen molar-refractivity contribution in [3.8, 4) is 0 Å². The van der Waals surface area contributed by atoms with Crippen LogP contribution in [-0.4, -0.2) is 22.5 Å². The standard InChI is InChI=1S/C2H4O4.Na/c3-1(4)2(5)6;/h1,3-4H,(H,5,6);/q;+1/p-1. The van der Waals surface area contributed by atoms with Gasteiger partial charge in [0.2, 0.25) is 0 Å². The number of hydrogen-bond acceptors (Lipinski definition) is 4. The molecule has 0 saturated heterocycles. The predicted octanol–water partition coefficient (Wildman–Crippen LogP) is -5.95. The Hall–Kier alpha value is 0.390. The van der Waals surface area contributed by atoms with Gasteiger partial charge in [-0.05, 0) is 0 Å². The van der Waals surface area contributed by atoms with Gasteiger partial charge in [0.1, 0.15) is 0 Å². The Balaban J connectivity index is 0. The van der Waals surface area contributed by atoms with E-state index in [2.05, 4.69) is 0 Å². The molecule has 0 aliphatic heterocycles. The van der Waals surface area contributed by atoms with Gasteiger partial charge in [-0.3, -0.25) is 0 Å². The number of aliphatic hydroxyl groups is 2. The molecule has 0 fully saturated rings. The van der Waals surface area contributed by atoms with Crippen molar-refractivity contribution in [2.75, 3.05) is 0 Å². The zero-order valence-corrected chi connectivity index (χ0v) is 5.79. The van der Waals surface area contributed by atoms with Crippen LogP contribution in [0, 0.1) is 0 Å². The molecule has 0 bridgehead atoms. The van der Waals surface area contributed by atoms with Crippen molar-refractivity contribution in [3.05, 3.63) is 0 Å². The van der Waals surface area contributed by atoms with Crippen molar-refractivity contribution >= 4 is 5.97 Å². The van der Waals surface area contributed by atoms with E-state index in [9.17, 15) is 0 Å². The minimum atomic E-state index is -2.34. The normalized spacial score (nSPS) is 7.86. The van der Waals surface area contributed by atoms with Crippen molar-refractivity contribution in [1.82, 2.24) is 0 Å². The Bertz CT molecular complexity index is 60.7. The minimum absolute atomic E-state index is 0. The first-order valence-corrected chi connectivity index (χ1v) is 1.21. The monoisotopic (exact) mass is 114 g/mol. The van der Waals surface area contributed by atoms with Crippen molar-refractivity contribution in [1.29, 1.82) is 0 Å². The molecule has 0 amide bonds. The molecule has 0 unspecified atom stereocenters. The first kappa shape index (κ1) is 10.4. The molecular weight excluding hydrogens is 111 g/mol. The molecule has 0 aromatic heterocycles. The second kappa shape index (κ2) is 4.55. The summed E-state index contributed by atoms with van der Waals surface area (Å²) in [5.74, 6) is -1.88. The molecule has 0 rings (SSSR count). The van der Waals surface area contributed by atoms with E-state index in [4.69, 9.17) is 20.1 Å². The van der Waals surface area contributed by atoms with E-state index < -0.39 is 12.3 Å². The van der Waals surface area contributed by atoms with Gasteiger partial charge in [-0.15, -0.1) is 0 Å². The first-order chi connectivity index (χ1) is 2.64. The van der Waals surface area contributed by atoms with Gasteiger partial charge in [0, 0.05) is 0 Å². The van der Waals surface area contributed by atoms with Crippen LogP contribution in [0.25, 0.3) is 0 Å². The minimum Gasteiger partial charge on any atom is -0.545 e. The molecule has 0 aliphatic carbocycles. The van der Waals surface area contributed by atoms with Crippen LogP contribution in [0.3, 0.4) is 0 Å². The fourth-order valence-corrected chi connectivity index (χ4v) is 0. The average molecular weight is 114 g/mol. The van der Waals surface area contributed by atoms with Gasteiger partial charge < -0.3 is 20.1 Å². The molecule has 0 atom stereocenters. The summed E-state index contributed by atoms with van der Waals surface area (Å²) in [6, 6.07) is 0. The Kier molecular flexibility index (Phi) is 6.75. The molecule has 4 nitrogen and oxygen atoms in total. The number of aliphatic carboxylic acids is 1. The summed E-state index contributed by atoms with van der Waals surface area (Å²) in [5.41, 5.74) is 0. The molecular formula is C2H3NaO4. The fraction of sp³-hybridized carbons (Fsp3) is 0.500. The molecule has 7 heavy (non-hydrogen) atoms. The maximum Gasteiger partial charge on any atom is 1.00 e. The smallest absolute Gasteiger partial charge is 0.545 e. The SMILES string of the molecule is O=C([O-])C(O)O.[Na+]. The van der Waals surface area contributed by atoms with E-state index in [0.29, 0.717) is 0 Å². The fourth-order valence-electron chi connectivity index (χ4n) is 0. The Morgan fingerprint density at radius 2 is 1.71 bits per heavy atom. The Morgan fingerprint density at radius 1 is 1.57 bits per heavy atom. The van der Waals surface area contributed by atoms with Crippen molar-refractivity contribution in [3.63, 3.8) is 0 Å². The van der Waals surface area contributed by atoms with E-state index in [1.54, 1.807) is 0 Å². The Labute approximate surface area is 62.1 Å². The van der Waals surface area contributed by atoms with Gasteiger partial charge in [0.25, 0.3) is 0 Å². The molecule has 0 aliphatic rings. The van der Waals surface area contributed by atoms with Crippen LogP contribution < -0.4 is 34.7 Å². The number of aliphatic hydroxyl groups excluding tert-OH is 1. The summed E-state index contributed by atoms with van der Waals surface area (Å²) < 4.78 is 0. The summed E-state index contributed by atoms with van der Waals surface area (Å²) in [4.78, 5) is 9.09. The Morgan fingerprint density at radius 3 is 1.71 bits per heavy atom. The summed E-state index contributed by atoms with van der Waals surface area (Å²) in [6.07, 6.45) is -2.34. The van der Waals surface area contributed by atoms with Crippen LogP contribution in [0.2, 0.25) is 0 Å². The van der Waals surface area contributed by atoms with E-state index in [1.807, 2.05) is 0 Å². The van der Waals surface area contributed by atoms with Gasteiger partial charge in [0.15, 0.2) is 6.29 Å². The number of carbonyl (C=O) groups excluding carboxylic acids is 1. The first-order valence-electron chi connectivity index (χ1n) is 1.21. The van der Waals surface area contributed by atoms with Gasteiger partial charge in [0.05, 0.1) is 5.97 Å². The molecule has 0 aromatic rings. The number of carboxylic acid groups (broad SMARTS) is 1. The maximum atomic E-state index is 9.09. The van der Waals surface area contributed by atoms with Crippen LogP contribution in [0.15, 0.2) is 0 Å². The number of rotatable bonds is 1. The van der Waals surface area contributed by atoms with E-state index in [0.717, 1.165) is 0 Å². The maximum absolute atomic E-state index is 9.09. The third kappa shape index (κ3) is 6.39. The topological polar surface area (TPSA) is 80.6 Å². The van der Waals surface area contributed by atoms with Crippen LogP contribution in [0.5, 0.6) is 0 Å². The molecule has 0 aromatic carbocycles. The molecule has 36 valence electrons. The van der Waals surface area contributed by atoms with Gasteiger partial charge in [-0.25, -0.2) is 0 Å². The van der Waals surface area contributed by atoms with Crippen molar-refractivity contribution in [2.45, 2.75) is 6.29 Å². The second-order valence-corrected chi connectivity index (χ2v) is 0.693. The second-order valence-electron chi connectivity index (χ2n) is 0.693. The third-order valence-electron chi connectivity index (χ3n) is 0.211. The van der Waals surface area contributed by atoms with E-state index >= 15 is 0 Å². The average Bonchev–Trinajstić information content (AvgIpc) is 1.36. The molecule has 0 radical (unpaired) electrons. The molecule has 0 spiro atoms. The van der Waals surface area contributed by atoms with E-state index in [1.165, 1.54) is 0 Å². The van der Waals surface area contributed by atoms with Crippen molar-refractivity contribution < 1.29 is 49.7 Å². The van der Waals surface area contributed by atoms with Crippen molar-refractivity contribution in [2.24, 2.45) is 0 Å². The van der Waals surface area contributed by atoms with E-state index in [-0.39, 0.29) is 29.6 Å². The molecule has 0 saturated carbocycles. The van der Waals surface area contributed by atoms with Gasteiger partial charge in [-0.1, -0.05) is 0 Å². The van der Waals surface area contributed by atoms with Gasteiger partial charge in [-0.2, -0.15) is 0 Å². The summed E-state index contributed by atoms with van der Waals surface area (Å²) in [5, 5.41) is 24.1.